The van der Waals surface area contributed by atoms with Gasteiger partial charge in [0.2, 0.25) is 10.0 Å². The Morgan fingerprint density at radius 2 is 2.04 bits per heavy atom. The Bertz CT molecular complexity index is 1060. The normalized spacial score (nSPS) is 18.5. The first-order chi connectivity index (χ1) is 12.5. The molecule has 1 unspecified atom stereocenters. The van der Waals surface area contributed by atoms with E-state index in [1.165, 1.54) is 23.0 Å². The number of aromatic nitrogens is 1. The van der Waals surface area contributed by atoms with Crippen molar-refractivity contribution in [3.63, 3.8) is 0 Å². The molecule has 26 heavy (non-hydrogen) atoms. The van der Waals surface area contributed by atoms with Crippen molar-refractivity contribution in [2.75, 3.05) is 20.2 Å². The van der Waals surface area contributed by atoms with E-state index in [1.807, 2.05) is 24.4 Å². The van der Waals surface area contributed by atoms with E-state index in [1.54, 1.807) is 12.1 Å². The lowest BCUT2D eigenvalue weighted by molar-refractivity contribution is 0.414. The Labute approximate surface area is 157 Å². The fourth-order valence-electron chi connectivity index (χ4n) is 3.59. The summed E-state index contributed by atoms with van der Waals surface area (Å²) in [5.74, 6) is 0.637. The van der Waals surface area contributed by atoms with Crippen LogP contribution in [0, 0.1) is 0 Å². The van der Waals surface area contributed by atoms with Crippen LogP contribution >= 0.6 is 11.6 Å². The molecule has 3 aromatic rings. The fourth-order valence-corrected chi connectivity index (χ4v) is 5.44. The summed E-state index contributed by atoms with van der Waals surface area (Å²) in [4.78, 5) is 3.47. The molecule has 0 aliphatic carbocycles. The second-order valence-corrected chi connectivity index (χ2v) is 8.78. The van der Waals surface area contributed by atoms with Crippen molar-refractivity contribution in [1.29, 1.82) is 0 Å². The van der Waals surface area contributed by atoms with E-state index >= 15 is 0 Å². The molecule has 1 saturated heterocycles. The number of hydrogen-bond acceptors (Lipinski definition) is 3. The third kappa shape index (κ3) is 2.88. The van der Waals surface area contributed by atoms with Crippen molar-refractivity contribution in [3.05, 3.63) is 59.2 Å². The molecule has 4 rings (SSSR count). The van der Waals surface area contributed by atoms with Crippen LogP contribution in [0.15, 0.2) is 53.6 Å². The minimum atomic E-state index is -3.58. The van der Waals surface area contributed by atoms with E-state index < -0.39 is 10.0 Å². The first kappa shape index (κ1) is 17.4. The van der Waals surface area contributed by atoms with Gasteiger partial charge in [-0.2, -0.15) is 4.31 Å². The van der Waals surface area contributed by atoms with Crippen molar-refractivity contribution < 1.29 is 13.2 Å². The number of aromatic amines is 1. The summed E-state index contributed by atoms with van der Waals surface area (Å²) in [6.45, 7) is 0.962. The molecule has 5 nitrogen and oxygen atoms in total. The lowest BCUT2D eigenvalue weighted by Gasteiger charge is -2.17. The number of sulfonamides is 1. The van der Waals surface area contributed by atoms with Gasteiger partial charge in [0.05, 0.1) is 17.0 Å². The summed E-state index contributed by atoms with van der Waals surface area (Å²) >= 11 is 6.11. The van der Waals surface area contributed by atoms with E-state index in [2.05, 4.69) is 11.1 Å². The van der Waals surface area contributed by atoms with Crippen molar-refractivity contribution in [1.82, 2.24) is 9.29 Å². The molecule has 0 amide bonds. The second-order valence-electron chi connectivity index (χ2n) is 6.43. The van der Waals surface area contributed by atoms with Crippen LogP contribution in [-0.2, 0) is 10.0 Å². The largest absolute Gasteiger partial charge is 0.495 e. The minimum Gasteiger partial charge on any atom is -0.495 e. The zero-order chi connectivity index (χ0) is 18.3. The minimum absolute atomic E-state index is 0.176. The van der Waals surface area contributed by atoms with Gasteiger partial charge in [0.25, 0.3) is 0 Å². The molecule has 0 saturated carbocycles. The third-order valence-corrected chi connectivity index (χ3v) is 7.13. The molecule has 0 radical (unpaired) electrons. The summed E-state index contributed by atoms with van der Waals surface area (Å²) in [6.07, 6.45) is 2.79. The Balaban J connectivity index is 1.61. The molecule has 1 fully saturated rings. The molecular weight excluding hydrogens is 372 g/mol. The highest BCUT2D eigenvalue weighted by atomic mass is 35.5. The summed E-state index contributed by atoms with van der Waals surface area (Å²) in [7, 11) is -2.08. The lowest BCUT2D eigenvalue weighted by Crippen LogP contribution is -2.28. The average Bonchev–Trinajstić information content (AvgIpc) is 3.28. The van der Waals surface area contributed by atoms with Gasteiger partial charge >= 0.3 is 0 Å². The first-order valence-electron chi connectivity index (χ1n) is 8.40. The maximum absolute atomic E-state index is 13.0. The molecule has 1 N–H and O–H groups in total. The first-order valence-corrected chi connectivity index (χ1v) is 10.2. The molecule has 1 atom stereocenters. The van der Waals surface area contributed by atoms with Gasteiger partial charge in [-0.15, -0.1) is 0 Å². The van der Waals surface area contributed by atoms with Gasteiger partial charge in [0.15, 0.2) is 0 Å². The predicted octanol–water partition coefficient (Wildman–Crippen LogP) is 4.01. The number of H-pyrrole nitrogens is 1. The van der Waals surface area contributed by atoms with Crippen LogP contribution in [0.3, 0.4) is 0 Å². The molecule has 1 aliphatic rings. The zero-order valence-corrected chi connectivity index (χ0v) is 15.8. The van der Waals surface area contributed by atoms with E-state index in [4.69, 9.17) is 16.3 Å². The Hall–Kier alpha value is -2.02. The number of rotatable bonds is 4. The van der Waals surface area contributed by atoms with Crippen molar-refractivity contribution >= 4 is 32.5 Å². The number of ether oxygens (including phenoxy) is 1. The van der Waals surface area contributed by atoms with Crippen molar-refractivity contribution in [2.24, 2.45) is 0 Å². The van der Waals surface area contributed by atoms with Crippen LogP contribution in [0.25, 0.3) is 10.9 Å². The number of nitrogens with one attached hydrogen (secondary N) is 1. The van der Waals surface area contributed by atoms with Gasteiger partial charge in [0, 0.05) is 36.1 Å². The number of benzene rings is 2. The van der Waals surface area contributed by atoms with E-state index in [9.17, 15) is 8.42 Å². The number of methoxy groups -OCH3 is 1. The summed E-state index contributed by atoms with van der Waals surface area (Å²) in [5.41, 5.74) is 2.25. The monoisotopic (exact) mass is 390 g/mol. The van der Waals surface area contributed by atoms with E-state index in [0.717, 1.165) is 17.3 Å². The number of nitrogens with zero attached hydrogens (tertiary/aromatic N) is 1. The Morgan fingerprint density at radius 1 is 1.23 bits per heavy atom. The highest BCUT2D eigenvalue weighted by Gasteiger charge is 2.34. The maximum atomic E-state index is 13.0. The van der Waals surface area contributed by atoms with Crippen LogP contribution in [0.2, 0.25) is 5.02 Å². The van der Waals surface area contributed by atoms with Crippen LogP contribution < -0.4 is 4.74 Å². The molecule has 2 aromatic carbocycles. The standard InChI is InChI=1S/C19H19ClN2O3S/c1-25-19-7-6-14(10-17(19)20)26(23,24)22-9-8-13(12-22)16-11-21-18-5-3-2-4-15(16)18/h2-7,10-11,13,21H,8-9,12H2,1H3. The van der Waals surface area contributed by atoms with Crippen LogP contribution in [0.1, 0.15) is 17.9 Å². The van der Waals surface area contributed by atoms with E-state index in [-0.39, 0.29) is 10.8 Å². The van der Waals surface area contributed by atoms with Gasteiger partial charge in [-0.25, -0.2) is 8.42 Å². The molecule has 0 bridgehead atoms. The number of hydrogen-bond donors (Lipinski definition) is 1. The van der Waals surface area contributed by atoms with Crippen LogP contribution in [-0.4, -0.2) is 37.9 Å². The van der Waals surface area contributed by atoms with Gasteiger partial charge < -0.3 is 9.72 Å². The lowest BCUT2D eigenvalue weighted by atomic mass is 9.98. The number of para-hydroxylation sites is 1. The highest BCUT2D eigenvalue weighted by molar-refractivity contribution is 7.89. The van der Waals surface area contributed by atoms with Crippen molar-refractivity contribution in [2.45, 2.75) is 17.2 Å². The van der Waals surface area contributed by atoms with Crippen molar-refractivity contribution in [3.8, 4) is 5.75 Å². The highest BCUT2D eigenvalue weighted by Crippen LogP contribution is 2.36. The Kier molecular flexibility index (Phi) is 4.42. The molecule has 1 aliphatic heterocycles. The number of fused-ring (bicyclic) bond motifs is 1. The average molecular weight is 391 g/mol. The van der Waals surface area contributed by atoms with Gasteiger partial charge in [-0.1, -0.05) is 29.8 Å². The van der Waals surface area contributed by atoms with Crippen LogP contribution in [0.5, 0.6) is 5.75 Å². The van der Waals surface area contributed by atoms with Gasteiger partial charge in [-0.3, -0.25) is 0 Å². The smallest absolute Gasteiger partial charge is 0.243 e. The second kappa shape index (κ2) is 6.61. The molecule has 0 spiro atoms. The molecule has 136 valence electrons. The van der Waals surface area contributed by atoms with Gasteiger partial charge in [0.1, 0.15) is 5.75 Å². The Morgan fingerprint density at radius 3 is 2.81 bits per heavy atom. The molecule has 2 heterocycles. The quantitative estimate of drug-likeness (QED) is 0.732. The summed E-state index contributed by atoms with van der Waals surface area (Å²) in [6, 6.07) is 12.7. The molecular formula is C19H19ClN2O3S. The fraction of sp³-hybridized carbons (Fsp3) is 0.263. The predicted molar refractivity (Wildman–Crippen MR) is 102 cm³/mol. The zero-order valence-electron chi connectivity index (χ0n) is 14.3. The third-order valence-electron chi connectivity index (χ3n) is 4.97. The summed E-state index contributed by atoms with van der Waals surface area (Å²) in [5, 5.41) is 1.45. The molecule has 1 aromatic heterocycles. The topological polar surface area (TPSA) is 62.4 Å². The summed E-state index contributed by atoms with van der Waals surface area (Å²) < 4.78 is 32.6. The SMILES string of the molecule is COc1ccc(S(=O)(=O)N2CCC(c3c[nH]c4ccccc34)C2)cc1Cl. The maximum Gasteiger partial charge on any atom is 0.243 e. The van der Waals surface area contributed by atoms with Crippen LogP contribution in [0.4, 0.5) is 0 Å². The number of halogens is 1. The molecule has 7 heteroatoms. The van der Waals surface area contributed by atoms with E-state index in [0.29, 0.717) is 23.9 Å². The van der Waals surface area contributed by atoms with Gasteiger partial charge in [-0.05, 0) is 36.2 Å².